The van der Waals surface area contributed by atoms with E-state index >= 15 is 0 Å². The van der Waals surface area contributed by atoms with E-state index in [0.717, 1.165) is 50.3 Å². The van der Waals surface area contributed by atoms with Gasteiger partial charge in [0.1, 0.15) is 0 Å². The molecule has 0 atom stereocenters. The molecule has 9 rings (SSSR count). The molecule has 0 unspecified atom stereocenters. The molecule has 4 heteroatoms. The largest absolute Gasteiger partial charge is 0.264 e. The highest BCUT2D eigenvalue weighted by Crippen LogP contribution is 2.46. The van der Waals surface area contributed by atoms with E-state index < -0.39 is 0 Å². The van der Waals surface area contributed by atoms with Gasteiger partial charge in [0.15, 0.2) is 0 Å². The number of rotatable bonds is 6. The van der Waals surface area contributed by atoms with Crippen molar-refractivity contribution in [3.8, 4) is 67.0 Å². The van der Waals surface area contributed by atoms with Crippen LogP contribution >= 0.6 is 0 Å². The van der Waals surface area contributed by atoms with Crippen molar-refractivity contribution in [3.05, 3.63) is 182 Å². The number of benzene rings is 5. The van der Waals surface area contributed by atoms with Crippen molar-refractivity contribution in [2.75, 3.05) is 0 Å². The van der Waals surface area contributed by atoms with Gasteiger partial charge in [0.25, 0.3) is 0 Å². The van der Waals surface area contributed by atoms with Crippen LogP contribution in [-0.2, 0) is 0 Å². The van der Waals surface area contributed by atoms with Crippen LogP contribution in [0.1, 0.15) is 11.1 Å². The lowest BCUT2D eigenvalue weighted by molar-refractivity contribution is 1.24. The minimum atomic E-state index is 0.940. The van der Waals surface area contributed by atoms with Gasteiger partial charge in [0.05, 0.1) is 11.4 Å². The Hall–Kier alpha value is -6.78. The Balaban J connectivity index is 1.33. The highest BCUT2D eigenvalue weighted by molar-refractivity contribution is 6.22. The van der Waals surface area contributed by atoms with Crippen molar-refractivity contribution < 1.29 is 0 Å². The van der Waals surface area contributed by atoms with Crippen molar-refractivity contribution in [1.82, 2.24) is 19.9 Å². The zero-order chi connectivity index (χ0) is 35.0. The van der Waals surface area contributed by atoms with Crippen LogP contribution in [0, 0.1) is 13.8 Å². The third-order valence-electron chi connectivity index (χ3n) is 9.95. The van der Waals surface area contributed by atoms with E-state index in [1.807, 2.05) is 36.9 Å². The molecule has 0 N–H and O–H groups in total. The summed E-state index contributed by atoms with van der Waals surface area (Å²) in [7, 11) is 0. The van der Waals surface area contributed by atoms with Gasteiger partial charge in [-0.05, 0) is 122 Å². The normalized spacial score (nSPS) is 11.3. The highest BCUT2D eigenvalue weighted by Gasteiger charge is 2.20. The van der Waals surface area contributed by atoms with E-state index in [0.29, 0.717) is 0 Å². The molecular formula is C48H34N4. The highest BCUT2D eigenvalue weighted by atomic mass is 14.7. The molecule has 0 saturated heterocycles. The third kappa shape index (κ3) is 5.51. The number of nitrogens with zero attached hydrogens (tertiary/aromatic N) is 4. The van der Waals surface area contributed by atoms with Gasteiger partial charge in [-0.15, -0.1) is 0 Å². The Bertz CT molecular complexity index is 2740. The number of fused-ring (bicyclic) bond motifs is 2. The van der Waals surface area contributed by atoms with Crippen LogP contribution in [0.5, 0.6) is 0 Å². The number of hydrogen-bond acceptors (Lipinski definition) is 4. The van der Waals surface area contributed by atoms with Crippen molar-refractivity contribution in [1.29, 1.82) is 0 Å². The first-order valence-corrected chi connectivity index (χ1v) is 17.5. The maximum Gasteiger partial charge on any atom is 0.0747 e. The molecule has 0 fully saturated rings. The van der Waals surface area contributed by atoms with E-state index in [4.69, 9.17) is 9.97 Å². The maximum absolute atomic E-state index is 5.05. The first kappa shape index (κ1) is 31.2. The van der Waals surface area contributed by atoms with E-state index in [1.54, 1.807) is 12.4 Å². The molecule has 0 saturated carbocycles. The lowest BCUT2D eigenvalue weighted by atomic mass is 9.84. The van der Waals surface area contributed by atoms with Gasteiger partial charge in [-0.25, -0.2) is 0 Å². The van der Waals surface area contributed by atoms with Gasteiger partial charge in [-0.3, -0.25) is 19.9 Å². The summed E-state index contributed by atoms with van der Waals surface area (Å²) in [4.78, 5) is 18.8. The van der Waals surface area contributed by atoms with Crippen LogP contribution in [0.25, 0.3) is 88.6 Å². The second-order valence-electron chi connectivity index (χ2n) is 13.2. The van der Waals surface area contributed by atoms with E-state index in [9.17, 15) is 0 Å². The molecule has 0 aliphatic carbocycles. The topological polar surface area (TPSA) is 51.6 Å². The van der Waals surface area contributed by atoms with Gasteiger partial charge in [0, 0.05) is 59.4 Å². The molecule has 246 valence electrons. The van der Waals surface area contributed by atoms with Gasteiger partial charge in [0.2, 0.25) is 0 Å². The molecule has 0 amide bonds. The third-order valence-corrected chi connectivity index (χ3v) is 9.95. The molecule has 0 aliphatic rings. The number of aryl methyl sites for hydroxylation is 2. The fourth-order valence-electron chi connectivity index (χ4n) is 7.61. The molecular weight excluding hydrogens is 633 g/mol. The zero-order valence-corrected chi connectivity index (χ0v) is 29.0. The summed E-state index contributed by atoms with van der Waals surface area (Å²) in [6, 6.07) is 47.6. The Morgan fingerprint density at radius 1 is 0.346 bits per heavy atom. The number of hydrogen-bond donors (Lipinski definition) is 0. The second kappa shape index (κ2) is 13.2. The van der Waals surface area contributed by atoms with E-state index in [2.05, 4.69) is 145 Å². The predicted octanol–water partition coefficient (Wildman–Crippen LogP) is 12.2. The molecule has 52 heavy (non-hydrogen) atoms. The summed E-state index contributed by atoms with van der Waals surface area (Å²) < 4.78 is 0. The van der Waals surface area contributed by atoms with Crippen LogP contribution in [0.4, 0.5) is 0 Å². The fraction of sp³-hybridized carbons (Fsp3) is 0.0417. The quantitative estimate of drug-likeness (QED) is 0.166. The Kier molecular flexibility index (Phi) is 7.90. The van der Waals surface area contributed by atoms with Crippen LogP contribution in [0.3, 0.4) is 0 Å². The lowest BCUT2D eigenvalue weighted by Crippen LogP contribution is -1.96. The summed E-state index contributed by atoms with van der Waals surface area (Å²) in [5.41, 5.74) is 15.3. The summed E-state index contributed by atoms with van der Waals surface area (Å²) in [5.74, 6) is 0. The average molecular weight is 667 g/mol. The SMILES string of the molecule is Cc1cc(-c2c3ccccc3c(-c3cnc(-c4cccnc4)c(C)c3)c3cc(-c4ccccc4-c4ccccc4)ccc23)cnc1-c1cccnc1. The van der Waals surface area contributed by atoms with Crippen LogP contribution in [0.15, 0.2) is 171 Å². The van der Waals surface area contributed by atoms with Crippen molar-refractivity contribution in [3.63, 3.8) is 0 Å². The van der Waals surface area contributed by atoms with Crippen LogP contribution < -0.4 is 0 Å². The van der Waals surface area contributed by atoms with Gasteiger partial charge in [-0.1, -0.05) is 91.0 Å². The Morgan fingerprint density at radius 2 is 0.827 bits per heavy atom. The molecule has 5 aromatic carbocycles. The monoisotopic (exact) mass is 666 g/mol. The van der Waals surface area contributed by atoms with E-state index in [-0.39, 0.29) is 0 Å². The van der Waals surface area contributed by atoms with Crippen molar-refractivity contribution >= 4 is 21.5 Å². The molecule has 0 radical (unpaired) electrons. The molecule has 0 bridgehead atoms. The Labute approximate surface area is 303 Å². The molecule has 4 aromatic heterocycles. The molecule has 4 nitrogen and oxygen atoms in total. The fourth-order valence-corrected chi connectivity index (χ4v) is 7.61. The summed E-state index contributed by atoms with van der Waals surface area (Å²) in [6.45, 7) is 4.27. The van der Waals surface area contributed by atoms with Gasteiger partial charge < -0.3 is 0 Å². The Morgan fingerprint density at radius 3 is 1.37 bits per heavy atom. The predicted molar refractivity (Wildman–Crippen MR) is 215 cm³/mol. The second-order valence-corrected chi connectivity index (χ2v) is 13.2. The number of aromatic nitrogens is 4. The molecule has 0 spiro atoms. The van der Waals surface area contributed by atoms with Gasteiger partial charge in [-0.2, -0.15) is 0 Å². The van der Waals surface area contributed by atoms with Crippen LogP contribution in [0.2, 0.25) is 0 Å². The summed E-state index contributed by atoms with van der Waals surface area (Å²) in [6.07, 6.45) is 11.4. The minimum absolute atomic E-state index is 0.940. The first-order chi connectivity index (χ1) is 25.6. The first-order valence-electron chi connectivity index (χ1n) is 17.5. The molecule has 4 heterocycles. The van der Waals surface area contributed by atoms with E-state index in [1.165, 1.54) is 49.4 Å². The summed E-state index contributed by atoms with van der Waals surface area (Å²) >= 11 is 0. The standard InChI is InChI=1S/C48H34N4/c1-31-24-37(29-51-47(31)35-14-10-22-49-27-35)45-41-18-8-9-19-42(41)46(38-25-32(2)48(52-30-38)36-15-11-23-50-28-36)44-26-34(20-21-43(44)45)40-17-7-6-16-39(40)33-12-4-3-5-13-33/h3-30H,1-2H3. The average Bonchev–Trinajstić information content (AvgIpc) is 3.20. The molecule has 9 aromatic rings. The lowest BCUT2D eigenvalue weighted by Gasteiger charge is -2.20. The number of pyridine rings is 4. The van der Waals surface area contributed by atoms with Crippen molar-refractivity contribution in [2.24, 2.45) is 0 Å². The zero-order valence-electron chi connectivity index (χ0n) is 29.0. The van der Waals surface area contributed by atoms with Crippen LogP contribution in [-0.4, -0.2) is 19.9 Å². The summed E-state index contributed by atoms with van der Waals surface area (Å²) in [5, 5.41) is 4.67. The van der Waals surface area contributed by atoms with Crippen molar-refractivity contribution in [2.45, 2.75) is 13.8 Å². The molecule has 0 aliphatic heterocycles. The maximum atomic E-state index is 5.05. The smallest absolute Gasteiger partial charge is 0.0747 e. The minimum Gasteiger partial charge on any atom is -0.264 e. The van der Waals surface area contributed by atoms with Gasteiger partial charge >= 0.3 is 0 Å².